The van der Waals surface area contributed by atoms with Crippen LogP contribution in [0, 0.1) is 0 Å². The number of hydrogen-bond donors (Lipinski definition) is 3. The van der Waals surface area contributed by atoms with E-state index in [0.29, 0.717) is 12.8 Å². The average molecular weight is 285 g/mol. The lowest BCUT2D eigenvalue weighted by Crippen LogP contribution is -2.37. The Balaban J connectivity index is 1.78. The molecule has 1 saturated heterocycles. The summed E-state index contributed by atoms with van der Waals surface area (Å²) >= 11 is 1.47. The van der Waals surface area contributed by atoms with E-state index in [0.717, 1.165) is 5.56 Å². The first-order chi connectivity index (χ1) is 9.08. The van der Waals surface area contributed by atoms with Gasteiger partial charge in [-0.2, -0.15) is 11.3 Å². The number of thiophene rings is 1. The number of carbonyl (C=O) groups excluding carboxylic acids is 1. The van der Waals surface area contributed by atoms with Crippen LogP contribution in [0.2, 0.25) is 0 Å². The molecule has 0 spiro atoms. The molecule has 1 amide bonds. The molecule has 3 N–H and O–H groups in total. The SMILES string of the molecule is O=C(NCC(O)c1ccsc1)[C@@H]1CC[C@H](C(=O)O)O1. The number of nitrogens with one attached hydrogen (secondary N) is 1. The molecule has 0 aromatic carbocycles. The number of carbonyl (C=O) groups is 2. The summed E-state index contributed by atoms with van der Waals surface area (Å²) in [5, 5.41) is 24.8. The smallest absolute Gasteiger partial charge is 0.332 e. The molecule has 7 heteroatoms. The predicted octanol–water partition coefficient (Wildman–Crippen LogP) is 0.530. The van der Waals surface area contributed by atoms with Gasteiger partial charge in [0.15, 0.2) is 6.10 Å². The van der Waals surface area contributed by atoms with Crippen molar-refractivity contribution in [1.82, 2.24) is 5.32 Å². The third-order valence-electron chi connectivity index (χ3n) is 2.99. The normalized spacial score (nSPS) is 24.1. The second-order valence-electron chi connectivity index (χ2n) is 4.35. The van der Waals surface area contributed by atoms with Gasteiger partial charge in [0.25, 0.3) is 0 Å². The Bertz CT molecular complexity index is 447. The van der Waals surface area contributed by atoms with Crippen LogP contribution in [0.25, 0.3) is 0 Å². The van der Waals surface area contributed by atoms with Gasteiger partial charge >= 0.3 is 5.97 Å². The van der Waals surface area contributed by atoms with Crippen molar-refractivity contribution in [2.75, 3.05) is 6.54 Å². The lowest BCUT2D eigenvalue weighted by atomic mass is 10.1. The molecule has 1 aliphatic rings. The average Bonchev–Trinajstić information content (AvgIpc) is 3.05. The molecule has 0 saturated carbocycles. The fourth-order valence-electron chi connectivity index (χ4n) is 1.91. The van der Waals surface area contributed by atoms with E-state index in [9.17, 15) is 14.7 Å². The van der Waals surface area contributed by atoms with Crippen LogP contribution in [0.4, 0.5) is 0 Å². The van der Waals surface area contributed by atoms with Crippen LogP contribution >= 0.6 is 11.3 Å². The maximum atomic E-state index is 11.7. The van der Waals surface area contributed by atoms with E-state index in [2.05, 4.69) is 5.32 Å². The molecule has 0 aliphatic carbocycles. The number of aliphatic hydroxyl groups excluding tert-OH is 1. The quantitative estimate of drug-likeness (QED) is 0.733. The molecule has 1 fully saturated rings. The summed E-state index contributed by atoms with van der Waals surface area (Å²) in [6, 6.07) is 1.79. The predicted molar refractivity (Wildman–Crippen MR) is 67.8 cm³/mol. The van der Waals surface area contributed by atoms with Crippen LogP contribution in [0.5, 0.6) is 0 Å². The molecule has 2 rings (SSSR count). The van der Waals surface area contributed by atoms with Crippen molar-refractivity contribution in [3.8, 4) is 0 Å². The first-order valence-electron chi connectivity index (χ1n) is 5.94. The zero-order chi connectivity index (χ0) is 13.8. The molecule has 0 radical (unpaired) electrons. The lowest BCUT2D eigenvalue weighted by molar-refractivity contribution is -0.151. The monoisotopic (exact) mass is 285 g/mol. The van der Waals surface area contributed by atoms with Gasteiger partial charge in [0.05, 0.1) is 6.10 Å². The molecule has 3 atom stereocenters. The zero-order valence-corrected chi connectivity index (χ0v) is 10.9. The molecule has 1 aromatic rings. The minimum Gasteiger partial charge on any atom is -0.479 e. The number of amides is 1. The molecule has 19 heavy (non-hydrogen) atoms. The van der Waals surface area contributed by atoms with Gasteiger partial charge in [-0.3, -0.25) is 4.79 Å². The van der Waals surface area contributed by atoms with E-state index in [1.807, 2.05) is 10.8 Å². The fourth-order valence-corrected chi connectivity index (χ4v) is 2.61. The Kier molecular flexibility index (Phi) is 4.52. The van der Waals surface area contributed by atoms with Crippen LogP contribution in [-0.2, 0) is 14.3 Å². The van der Waals surface area contributed by atoms with E-state index in [1.165, 1.54) is 11.3 Å². The number of aliphatic carboxylic acids is 1. The lowest BCUT2D eigenvalue weighted by Gasteiger charge is -2.14. The summed E-state index contributed by atoms with van der Waals surface area (Å²) in [7, 11) is 0. The molecule has 6 nitrogen and oxygen atoms in total. The standard InChI is InChI=1S/C12H15NO5S/c14-8(7-3-4-19-6-7)5-13-11(15)9-1-2-10(18-9)12(16)17/h3-4,6,8-10,14H,1-2,5H2,(H,13,15)(H,16,17)/t8?,9-,10+/m0/s1. The highest BCUT2D eigenvalue weighted by Crippen LogP contribution is 2.20. The van der Waals surface area contributed by atoms with E-state index < -0.39 is 24.3 Å². The van der Waals surface area contributed by atoms with E-state index in [1.54, 1.807) is 6.07 Å². The van der Waals surface area contributed by atoms with Gasteiger partial charge in [0, 0.05) is 6.54 Å². The highest BCUT2D eigenvalue weighted by atomic mass is 32.1. The first-order valence-corrected chi connectivity index (χ1v) is 6.88. The maximum Gasteiger partial charge on any atom is 0.332 e. The summed E-state index contributed by atoms with van der Waals surface area (Å²) in [6.45, 7) is 0.0904. The molecular weight excluding hydrogens is 270 g/mol. The molecule has 0 bridgehead atoms. The van der Waals surface area contributed by atoms with Crippen LogP contribution in [0.3, 0.4) is 0 Å². The Morgan fingerprint density at radius 3 is 2.79 bits per heavy atom. The van der Waals surface area contributed by atoms with Crippen LogP contribution in [0.15, 0.2) is 16.8 Å². The Morgan fingerprint density at radius 2 is 2.21 bits per heavy atom. The highest BCUT2D eigenvalue weighted by Gasteiger charge is 2.34. The number of carboxylic acid groups (broad SMARTS) is 1. The highest BCUT2D eigenvalue weighted by molar-refractivity contribution is 7.07. The minimum absolute atomic E-state index is 0.0904. The van der Waals surface area contributed by atoms with Gasteiger partial charge in [-0.05, 0) is 35.2 Å². The third-order valence-corrected chi connectivity index (χ3v) is 3.69. The Hall–Kier alpha value is -1.44. The number of ether oxygens (including phenoxy) is 1. The third kappa shape index (κ3) is 3.52. The summed E-state index contributed by atoms with van der Waals surface area (Å²) < 4.78 is 5.12. The van der Waals surface area contributed by atoms with Gasteiger partial charge in [-0.25, -0.2) is 4.79 Å². The molecule has 1 aliphatic heterocycles. The maximum absolute atomic E-state index is 11.7. The van der Waals surface area contributed by atoms with Crippen molar-refractivity contribution in [3.05, 3.63) is 22.4 Å². The van der Waals surface area contributed by atoms with Crippen molar-refractivity contribution in [3.63, 3.8) is 0 Å². The van der Waals surface area contributed by atoms with E-state index in [4.69, 9.17) is 9.84 Å². The van der Waals surface area contributed by atoms with Crippen LogP contribution in [-0.4, -0.2) is 40.8 Å². The molecule has 1 unspecified atom stereocenters. The zero-order valence-electron chi connectivity index (χ0n) is 10.1. The number of rotatable bonds is 5. The summed E-state index contributed by atoms with van der Waals surface area (Å²) in [5.41, 5.74) is 0.751. The number of carboxylic acids is 1. The van der Waals surface area contributed by atoms with Crippen molar-refractivity contribution in [2.24, 2.45) is 0 Å². The van der Waals surface area contributed by atoms with Gasteiger partial charge in [-0.1, -0.05) is 0 Å². The minimum atomic E-state index is -1.05. The van der Waals surface area contributed by atoms with Crippen molar-refractivity contribution < 1.29 is 24.5 Å². The number of hydrogen-bond acceptors (Lipinski definition) is 5. The topological polar surface area (TPSA) is 95.9 Å². The summed E-state index contributed by atoms with van der Waals surface area (Å²) in [4.78, 5) is 22.4. The second-order valence-corrected chi connectivity index (χ2v) is 5.13. The van der Waals surface area contributed by atoms with E-state index in [-0.39, 0.29) is 12.5 Å². The summed E-state index contributed by atoms with van der Waals surface area (Å²) in [6.07, 6.45) is -1.68. The van der Waals surface area contributed by atoms with Gasteiger partial charge < -0.3 is 20.3 Å². The summed E-state index contributed by atoms with van der Waals surface area (Å²) in [5.74, 6) is -1.42. The number of aliphatic hydroxyl groups is 1. The first kappa shape index (κ1) is 14.0. The Labute approximate surface area is 114 Å². The van der Waals surface area contributed by atoms with Gasteiger partial charge in [0.1, 0.15) is 6.10 Å². The van der Waals surface area contributed by atoms with Gasteiger partial charge in [-0.15, -0.1) is 0 Å². The molecule has 104 valence electrons. The van der Waals surface area contributed by atoms with Crippen molar-refractivity contribution in [2.45, 2.75) is 31.2 Å². The van der Waals surface area contributed by atoms with Crippen molar-refractivity contribution in [1.29, 1.82) is 0 Å². The largest absolute Gasteiger partial charge is 0.479 e. The molecule has 2 heterocycles. The van der Waals surface area contributed by atoms with Crippen LogP contribution in [0.1, 0.15) is 24.5 Å². The molecule has 1 aromatic heterocycles. The second kappa shape index (κ2) is 6.14. The fraction of sp³-hybridized carbons (Fsp3) is 0.500. The van der Waals surface area contributed by atoms with Crippen LogP contribution < -0.4 is 5.32 Å². The van der Waals surface area contributed by atoms with Gasteiger partial charge in [0.2, 0.25) is 5.91 Å². The van der Waals surface area contributed by atoms with E-state index >= 15 is 0 Å². The Morgan fingerprint density at radius 1 is 1.47 bits per heavy atom. The molecular formula is C12H15NO5S. The van der Waals surface area contributed by atoms with Crippen molar-refractivity contribution >= 4 is 23.2 Å².